The van der Waals surface area contributed by atoms with Gasteiger partial charge in [0, 0.05) is 18.7 Å². The van der Waals surface area contributed by atoms with Crippen LogP contribution in [0.2, 0.25) is 0 Å². The van der Waals surface area contributed by atoms with Crippen molar-refractivity contribution in [2.75, 3.05) is 20.2 Å². The Morgan fingerprint density at radius 1 is 1.00 bits per heavy atom. The summed E-state index contributed by atoms with van der Waals surface area (Å²) >= 11 is 0. The summed E-state index contributed by atoms with van der Waals surface area (Å²) in [6, 6.07) is 13.3. The number of piperidine rings is 1. The average molecular weight is 436 g/mol. The number of hydrogen-bond acceptors (Lipinski definition) is 4. The van der Waals surface area contributed by atoms with E-state index in [2.05, 4.69) is 12.1 Å². The average Bonchev–Trinajstić information content (AvgIpc) is 3.55. The molecule has 2 N–H and O–H groups in total. The van der Waals surface area contributed by atoms with Crippen LogP contribution in [0.25, 0.3) is 11.1 Å². The molecule has 1 aliphatic heterocycles. The first-order valence-electron chi connectivity index (χ1n) is 11.4. The number of rotatable bonds is 5. The normalized spacial score (nSPS) is 21.1. The molecule has 6 nitrogen and oxygen atoms in total. The zero-order valence-corrected chi connectivity index (χ0v) is 18.3. The summed E-state index contributed by atoms with van der Waals surface area (Å²) < 4.78 is 5.43. The fraction of sp³-hybridized carbons (Fsp3) is 0.462. The number of likely N-dealkylation sites (tertiary alicyclic amines) is 1. The maximum atomic E-state index is 12.4. The zero-order chi connectivity index (χ0) is 22.5. The third-order valence-corrected chi connectivity index (χ3v) is 7.73. The van der Waals surface area contributed by atoms with Gasteiger partial charge in [-0.1, -0.05) is 24.3 Å². The molecule has 2 aliphatic carbocycles. The Morgan fingerprint density at radius 3 is 2.22 bits per heavy atom. The molecule has 0 unspecified atom stereocenters. The van der Waals surface area contributed by atoms with Gasteiger partial charge in [-0.05, 0) is 79.2 Å². The van der Waals surface area contributed by atoms with Gasteiger partial charge in [0.15, 0.2) is 0 Å². The molecule has 1 spiro atoms. The third kappa shape index (κ3) is 3.66. The molecule has 1 saturated heterocycles. The van der Waals surface area contributed by atoms with Gasteiger partial charge < -0.3 is 19.8 Å². The first-order valence-corrected chi connectivity index (χ1v) is 11.4. The SMILES string of the molecule is COc1ccc(C(=O)O)cc1-c1ccc(C2CC3(CCN(C(=O)C4(O)CC4)CC3)C2)cc1. The Kier molecular flexibility index (Phi) is 5.01. The van der Waals surface area contributed by atoms with Crippen molar-refractivity contribution in [3.05, 3.63) is 53.6 Å². The van der Waals surface area contributed by atoms with Crippen molar-refractivity contribution in [3.63, 3.8) is 0 Å². The number of amides is 1. The summed E-state index contributed by atoms with van der Waals surface area (Å²) in [7, 11) is 1.59. The molecule has 6 heteroatoms. The van der Waals surface area contributed by atoms with E-state index in [-0.39, 0.29) is 11.5 Å². The molecule has 0 bridgehead atoms. The lowest BCUT2D eigenvalue weighted by molar-refractivity contribution is -0.146. The summed E-state index contributed by atoms with van der Waals surface area (Å²) in [5.41, 5.74) is 2.53. The van der Waals surface area contributed by atoms with Crippen LogP contribution in [-0.2, 0) is 4.79 Å². The number of carboxylic acids is 1. The van der Waals surface area contributed by atoms with E-state index in [0.29, 0.717) is 29.9 Å². The molecule has 1 heterocycles. The maximum absolute atomic E-state index is 12.4. The Balaban J connectivity index is 1.23. The quantitative estimate of drug-likeness (QED) is 0.739. The largest absolute Gasteiger partial charge is 0.496 e. The smallest absolute Gasteiger partial charge is 0.335 e. The van der Waals surface area contributed by atoms with E-state index in [1.54, 1.807) is 25.3 Å². The highest BCUT2D eigenvalue weighted by atomic mass is 16.5. The molecule has 3 fully saturated rings. The number of carbonyl (C=O) groups is 2. The molecule has 0 aromatic heterocycles. The lowest BCUT2D eigenvalue weighted by atomic mass is 9.56. The van der Waals surface area contributed by atoms with Crippen molar-refractivity contribution in [2.24, 2.45) is 5.41 Å². The highest BCUT2D eigenvalue weighted by Gasteiger charge is 2.53. The van der Waals surface area contributed by atoms with Crippen LogP contribution in [0.1, 0.15) is 60.4 Å². The number of methoxy groups -OCH3 is 1. The Hall–Kier alpha value is -2.86. The summed E-state index contributed by atoms with van der Waals surface area (Å²) in [6.07, 6.45) is 5.52. The second-order valence-electron chi connectivity index (χ2n) is 9.77. The van der Waals surface area contributed by atoms with Gasteiger partial charge in [0.05, 0.1) is 12.7 Å². The number of ether oxygens (including phenoxy) is 1. The van der Waals surface area contributed by atoms with E-state index >= 15 is 0 Å². The predicted octanol–water partition coefficient (Wildman–Crippen LogP) is 4.07. The third-order valence-electron chi connectivity index (χ3n) is 7.73. The number of nitrogens with zero attached hydrogens (tertiary/aromatic N) is 1. The number of hydrogen-bond donors (Lipinski definition) is 2. The highest BCUT2D eigenvalue weighted by molar-refractivity contribution is 5.90. The minimum Gasteiger partial charge on any atom is -0.496 e. The molecule has 2 saturated carbocycles. The Labute approximate surface area is 187 Å². The number of aromatic carboxylic acids is 1. The summed E-state index contributed by atoms with van der Waals surface area (Å²) in [4.78, 5) is 25.6. The summed E-state index contributed by atoms with van der Waals surface area (Å²) in [6.45, 7) is 1.51. The van der Waals surface area contributed by atoms with Gasteiger partial charge in [-0.25, -0.2) is 4.79 Å². The van der Waals surface area contributed by atoms with E-state index in [4.69, 9.17) is 4.74 Å². The number of benzene rings is 2. The van der Waals surface area contributed by atoms with E-state index in [9.17, 15) is 19.8 Å². The lowest BCUT2D eigenvalue weighted by Crippen LogP contribution is -2.51. The molecule has 2 aromatic rings. The fourth-order valence-electron chi connectivity index (χ4n) is 5.44. The highest BCUT2D eigenvalue weighted by Crippen LogP contribution is 2.57. The van der Waals surface area contributed by atoms with E-state index < -0.39 is 11.6 Å². The standard InChI is InChI=1S/C26H29NO5/c1-32-22-7-6-19(23(28)29)14-21(22)18-4-2-17(3-5-18)20-15-25(16-20)10-12-27(13-11-25)24(30)26(31)8-9-26/h2-7,14,20,31H,8-13,15-16H2,1H3,(H,28,29). The second kappa shape index (κ2) is 7.62. The fourth-order valence-corrected chi connectivity index (χ4v) is 5.44. The van der Waals surface area contributed by atoms with Crippen molar-refractivity contribution < 1.29 is 24.5 Å². The minimum atomic E-state index is -1.05. The molecule has 3 aliphatic rings. The van der Waals surface area contributed by atoms with Crippen LogP contribution in [0, 0.1) is 5.41 Å². The zero-order valence-electron chi connectivity index (χ0n) is 18.3. The predicted molar refractivity (Wildman–Crippen MR) is 120 cm³/mol. The van der Waals surface area contributed by atoms with Gasteiger partial charge in [-0.15, -0.1) is 0 Å². The van der Waals surface area contributed by atoms with Gasteiger partial charge in [0.1, 0.15) is 11.4 Å². The van der Waals surface area contributed by atoms with Crippen LogP contribution >= 0.6 is 0 Å². The number of aliphatic hydroxyl groups is 1. The number of carbonyl (C=O) groups excluding carboxylic acids is 1. The van der Waals surface area contributed by atoms with Crippen molar-refractivity contribution in [1.29, 1.82) is 0 Å². The van der Waals surface area contributed by atoms with Crippen LogP contribution in [0.5, 0.6) is 5.75 Å². The molecule has 0 radical (unpaired) electrons. The molecular weight excluding hydrogens is 406 g/mol. The number of carboxylic acid groups (broad SMARTS) is 1. The van der Waals surface area contributed by atoms with Gasteiger partial charge in [-0.3, -0.25) is 4.79 Å². The van der Waals surface area contributed by atoms with Crippen molar-refractivity contribution in [3.8, 4) is 16.9 Å². The summed E-state index contributed by atoms with van der Waals surface area (Å²) in [5, 5.41) is 19.4. The van der Waals surface area contributed by atoms with Crippen LogP contribution < -0.4 is 4.74 Å². The van der Waals surface area contributed by atoms with Gasteiger partial charge in [-0.2, -0.15) is 0 Å². The van der Waals surface area contributed by atoms with Crippen molar-refractivity contribution in [2.45, 2.75) is 50.0 Å². The molecular formula is C26H29NO5. The van der Waals surface area contributed by atoms with Crippen LogP contribution in [0.4, 0.5) is 0 Å². The van der Waals surface area contributed by atoms with Crippen LogP contribution in [-0.4, -0.2) is 52.8 Å². The minimum absolute atomic E-state index is 0.0683. The molecule has 2 aromatic carbocycles. The van der Waals surface area contributed by atoms with Gasteiger partial charge in [0.25, 0.3) is 5.91 Å². The van der Waals surface area contributed by atoms with Crippen LogP contribution in [0.15, 0.2) is 42.5 Å². The van der Waals surface area contributed by atoms with E-state index in [1.807, 2.05) is 17.0 Å². The molecule has 5 rings (SSSR count). The monoisotopic (exact) mass is 435 g/mol. The lowest BCUT2D eigenvalue weighted by Gasteiger charge is -2.52. The van der Waals surface area contributed by atoms with E-state index in [0.717, 1.165) is 49.9 Å². The maximum Gasteiger partial charge on any atom is 0.335 e. The molecule has 1 amide bonds. The topological polar surface area (TPSA) is 87.1 Å². The molecule has 168 valence electrons. The molecule has 0 atom stereocenters. The summed E-state index contributed by atoms with van der Waals surface area (Å²) in [5.74, 6) is 0.152. The van der Waals surface area contributed by atoms with Crippen molar-refractivity contribution >= 4 is 11.9 Å². The first kappa shape index (κ1) is 21.0. The van der Waals surface area contributed by atoms with E-state index in [1.165, 1.54) is 5.56 Å². The van der Waals surface area contributed by atoms with Gasteiger partial charge in [0.2, 0.25) is 0 Å². The second-order valence-corrected chi connectivity index (χ2v) is 9.77. The Morgan fingerprint density at radius 2 is 1.66 bits per heavy atom. The Bertz CT molecular complexity index is 1040. The first-order chi connectivity index (χ1) is 15.3. The van der Waals surface area contributed by atoms with Crippen LogP contribution in [0.3, 0.4) is 0 Å². The molecule has 32 heavy (non-hydrogen) atoms. The van der Waals surface area contributed by atoms with Gasteiger partial charge >= 0.3 is 5.97 Å². The van der Waals surface area contributed by atoms with Crippen molar-refractivity contribution in [1.82, 2.24) is 4.90 Å².